The summed E-state index contributed by atoms with van der Waals surface area (Å²) in [5.74, 6) is 0. The molecule has 0 radical (unpaired) electrons. The fourth-order valence-electron chi connectivity index (χ4n) is 4.19. The summed E-state index contributed by atoms with van der Waals surface area (Å²) in [6.45, 7) is -3.48. The third-order valence-corrected chi connectivity index (χ3v) is 8.83. The zero-order valence-corrected chi connectivity index (χ0v) is 30.1. The third kappa shape index (κ3) is 16.7. The topological polar surface area (TPSA) is 482 Å². The van der Waals surface area contributed by atoms with E-state index in [1.165, 1.54) is 0 Å². The van der Waals surface area contributed by atoms with Gasteiger partial charge in [0.1, 0.15) is 36.6 Å². The summed E-state index contributed by atoms with van der Waals surface area (Å²) in [6, 6.07) is 0. The van der Waals surface area contributed by atoms with E-state index in [-0.39, 0.29) is 0 Å². The van der Waals surface area contributed by atoms with Gasteiger partial charge in [-0.2, -0.15) is 58.9 Å². The van der Waals surface area contributed by atoms with Crippen molar-refractivity contribution < 1.29 is 139 Å². The lowest BCUT2D eigenvalue weighted by atomic mass is 9.97. The lowest BCUT2D eigenvalue weighted by Gasteiger charge is -2.48. The molecule has 0 unspecified atom stereocenters. The molecule has 39 heteroatoms. The van der Waals surface area contributed by atoms with Gasteiger partial charge in [-0.25, -0.2) is 29.3 Å². The number of methoxy groups -OCH3 is 1. The van der Waals surface area contributed by atoms with Crippen molar-refractivity contribution in [1.29, 1.82) is 0 Å². The average molecular weight is 917 g/mol. The van der Waals surface area contributed by atoms with Gasteiger partial charge < -0.3 is 18.9 Å². The Balaban J connectivity index is 2.95. The molecule has 0 aromatic heterocycles. The molecular formula is C13H24O32S7. The van der Waals surface area contributed by atoms with E-state index in [4.69, 9.17) is 28.1 Å². The van der Waals surface area contributed by atoms with Gasteiger partial charge in [-0.3, -0.25) is 31.9 Å². The van der Waals surface area contributed by atoms with Crippen LogP contribution >= 0.6 is 0 Å². The van der Waals surface area contributed by atoms with E-state index in [0.717, 1.165) is 0 Å². The molecule has 310 valence electrons. The Kier molecular flexibility index (Phi) is 15.4. The summed E-state index contributed by atoms with van der Waals surface area (Å²) in [7, 11) is -40.4. The van der Waals surface area contributed by atoms with Crippen molar-refractivity contribution >= 4 is 72.8 Å². The van der Waals surface area contributed by atoms with Crippen LogP contribution in [0, 0.1) is 0 Å². The minimum Gasteiger partial charge on any atom is -0.353 e. The van der Waals surface area contributed by atoms with Crippen molar-refractivity contribution in [2.45, 2.75) is 61.4 Å². The Morgan fingerprint density at radius 1 is 0.404 bits per heavy atom. The van der Waals surface area contributed by atoms with Gasteiger partial charge >= 0.3 is 72.8 Å². The number of ether oxygens (including phenoxy) is 4. The summed E-state index contributed by atoms with van der Waals surface area (Å²) >= 11 is 0. The molecule has 0 aliphatic carbocycles. The molecule has 0 saturated carbocycles. The van der Waals surface area contributed by atoms with Crippen LogP contribution in [0.4, 0.5) is 0 Å². The van der Waals surface area contributed by atoms with Gasteiger partial charge in [0.25, 0.3) is 0 Å². The smallest absolute Gasteiger partial charge is 0.353 e. The Morgan fingerprint density at radius 2 is 0.692 bits per heavy atom. The molecule has 0 aromatic carbocycles. The van der Waals surface area contributed by atoms with Crippen LogP contribution < -0.4 is 0 Å². The first-order chi connectivity index (χ1) is 23.1. The Bertz CT molecular complexity index is 2020. The molecule has 2 fully saturated rings. The summed E-state index contributed by atoms with van der Waals surface area (Å²) in [4.78, 5) is 0. The van der Waals surface area contributed by atoms with Crippen molar-refractivity contribution in [3.8, 4) is 0 Å². The molecule has 2 aliphatic rings. The maximum atomic E-state index is 11.8. The van der Waals surface area contributed by atoms with Crippen LogP contribution in [0.25, 0.3) is 0 Å². The van der Waals surface area contributed by atoms with Crippen molar-refractivity contribution in [2.24, 2.45) is 0 Å². The zero-order valence-electron chi connectivity index (χ0n) is 24.4. The van der Waals surface area contributed by atoms with Gasteiger partial charge in [-0.1, -0.05) is 0 Å². The number of hydrogen-bond acceptors (Lipinski definition) is 25. The zero-order chi connectivity index (χ0) is 40.5. The maximum absolute atomic E-state index is 11.8. The molecule has 2 aliphatic heterocycles. The molecule has 0 spiro atoms. The summed E-state index contributed by atoms with van der Waals surface area (Å²) in [5, 5.41) is 0. The number of rotatable bonds is 19. The van der Waals surface area contributed by atoms with Gasteiger partial charge in [-0.05, 0) is 0 Å². The van der Waals surface area contributed by atoms with Gasteiger partial charge in [-0.15, -0.1) is 0 Å². The molecule has 32 nitrogen and oxygen atoms in total. The fraction of sp³-hybridized carbons (Fsp3) is 1.00. The molecule has 2 saturated heterocycles. The average Bonchev–Trinajstić information content (AvgIpc) is 2.87. The fourth-order valence-corrected chi connectivity index (χ4v) is 7.28. The molecule has 7 N–H and O–H groups in total. The van der Waals surface area contributed by atoms with Crippen LogP contribution in [0.3, 0.4) is 0 Å². The predicted molar refractivity (Wildman–Crippen MR) is 146 cm³/mol. The normalized spacial score (nSPS) is 31.7. The van der Waals surface area contributed by atoms with Gasteiger partial charge in [0.2, 0.25) is 0 Å². The van der Waals surface area contributed by atoms with Crippen molar-refractivity contribution in [1.82, 2.24) is 0 Å². The molecule has 0 bridgehead atoms. The summed E-state index contributed by atoms with van der Waals surface area (Å²) < 4.78 is 276. The molecule has 2 heterocycles. The van der Waals surface area contributed by atoms with Crippen LogP contribution in [0.5, 0.6) is 0 Å². The SMILES string of the molecule is CO[C@@H]1O[C@H](COS(=O)(=O)O)[C@@H](O[C@@H]2O[C@H](COS(=O)(=O)O)[C@@H](OS(=O)(=O)O)[C@H](OS(=O)(=O)O)[C@H]2OS(=O)(=O)O)[C@H](OS(=O)(=O)O)[C@H]1OS(=O)(=O)O. The highest BCUT2D eigenvalue weighted by molar-refractivity contribution is 7.82. The van der Waals surface area contributed by atoms with Gasteiger partial charge in [0, 0.05) is 7.11 Å². The maximum Gasteiger partial charge on any atom is 0.397 e. The quantitative estimate of drug-likeness (QED) is 0.0593. The molecule has 52 heavy (non-hydrogen) atoms. The Hall–Kier alpha value is -1.07. The van der Waals surface area contributed by atoms with Crippen molar-refractivity contribution in [3.05, 3.63) is 0 Å². The van der Waals surface area contributed by atoms with Crippen LogP contribution in [0.15, 0.2) is 0 Å². The first kappa shape index (κ1) is 47.1. The molecule has 0 amide bonds. The molecule has 0 aromatic rings. The molecule has 10 atom stereocenters. The van der Waals surface area contributed by atoms with E-state index in [2.05, 4.69) is 29.3 Å². The van der Waals surface area contributed by atoms with E-state index < -0.39 is 147 Å². The van der Waals surface area contributed by atoms with Crippen LogP contribution in [0.1, 0.15) is 0 Å². The lowest BCUT2D eigenvalue weighted by molar-refractivity contribution is -0.346. The third-order valence-electron chi connectivity index (χ3n) is 5.63. The first-order valence-corrected chi connectivity index (χ1v) is 21.6. The van der Waals surface area contributed by atoms with Crippen LogP contribution in [-0.4, -0.2) is 173 Å². The van der Waals surface area contributed by atoms with Gasteiger partial charge in [0.15, 0.2) is 24.8 Å². The summed E-state index contributed by atoms with van der Waals surface area (Å²) in [5.41, 5.74) is 0. The Labute approximate surface area is 292 Å². The summed E-state index contributed by atoms with van der Waals surface area (Å²) in [6.07, 6.45) is -28.9. The van der Waals surface area contributed by atoms with E-state index in [9.17, 15) is 81.7 Å². The monoisotopic (exact) mass is 916 g/mol. The van der Waals surface area contributed by atoms with E-state index in [0.29, 0.717) is 7.11 Å². The minimum absolute atomic E-state index is 0.643. The second-order valence-corrected chi connectivity index (χ2v) is 16.7. The second kappa shape index (κ2) is 17.0. The van der Waals surface area contributed by atoms with Crippen LogP contribution in [0.2, 0.25) is 0 Å². The van der Waals surface area contributed by atoms with E-state index >= 15 is 0 Å². The highest BCUT2D eigenvalue weighted by Gasteiger charge is 2.58. The highest BCUT2D eigenvalue weighted by Crippen LogP contribution is 2.37. The number of hydrogen-bond donors (Lipinski definition) is 7. The largest absolute Gasteiger partial charge is 0.397 e. The molecular weight excluding hydrogens is 893 g/mol. The predicted octanol–water partition coefficient (Wildman–Crippen LogP) is -5.95. The van der Waals surface area contributed by atoms with Gasteiger partial charge in [0.05, 0.1) is 13.2 Å². The van der Waals surface area contributed by atoms with Crippen molar-refractivity contribution in [3.63, 3.8) is 0 Å². The second-order valence-electron chi connectivity index (χ2n) is 9.29. The van der Waals surface area contributed by atoms with Crippen molar-refractivity contribution in [2.75, 3.05) is 20.3 Å². The highest BCUT2D eigenvalue weighted by atomic mass is 32.3. The van der Waals surface area contributed by atoms with E-state index in [1.54, 1.807) is 0 Å². The first-order valence-electron chi connectivity index (χ1n) is 12.1. The Morgan fingerprint density at radius 3 is 1.04 bits per heavy atom. The lowest BCUT2D eigenvalue weighted by Crippen LogP contribution is -2.67. The minimum atomic E-state index is -6.08. The van der Waals surface area contributed by atoms with E-state index in [1.807, 2.05) is 0 Å². The molecule has 2 rings (SSSR count). The van der Waals surface area contributed by atoms with Crippen LogP contribution in [-0.2, 0) is 121 Å². The standard InChI is InChI=1S/C13H24O32S7/c1-35-12-10(44-51(29,30)31)8(42-49(23,24)25)6(4(38-12)2-36-46(14,15)16)40-13-11(45-52(32,33)34)9(43-50(26,27)28)7(41-48(20,21)22)5(39-13)3-37-47(17,18)19/h4-13H,2-3H2,1H3,(H,14,15,16)(H,17,18,19)(H,20,21,22)(H,23,24,25)(H,26,27,28)(H,29,30,31)(H,32,33,34)/t4-,5-,6-,7-,8+,9+,10-,11-,12-,13+/m1/s1.